The van der Waals surface area contributed by atoms with Crippen LogP contribution in [0.1, 0.15) is 26.3 Å². The molecule has 0 bridgehead atoms. The van der Waals surface area contributed by atoms with Crippen LogP contribution in [0.5, 0.6) is 5.75 Å². The van der Waals surface area contributed by atoms with Gasteiger partial charge in [-0.3, -0.25) is 0 Å². The molecule has 0 aliphatic heterocycles. The van der Waals surface area contributed by atoms with Crippen molar-refractivity contribution in [3.8, 4) is 5.75 Å². The number of hydrogen-bond acceptors (Lipinski definition) is 2. The Hall–Kier alpha value is -1.49. The highest BCUT2D eigenvalue weighted by Crippen LogP contribution is 2.23. The summed E-state index contributed by atoms with van der Waals surface area (Å²) in [7, 11) is 0. The molecule has 19 heavy (non-hydrogen) atoms. The summed E-state index contributed by atoms with van der Waals surface area (Å²) in [5.74, 6) is -0.206. The van der Waals surface area contributed by atoms with E-state index in [1.165, 1.54) is 12.1 Å². The lowest BCUT2D eigenvalue weighted by molar-refractivity contribution is -0.274. The summed E-state index contributed by atoms with van der Waals surface area (Å²) in [6.07, 6.45) is -2.71. The zero-order chi connectivity index (χ0) is 14.5. The highest BCUT2D eigenvalue weighted by molar-refractivity contribution is 5.54. The minimum Gasteiger partial charge on any atom is -0.406 e. The van der Waals surface area contributed by atoms with Crippen LogP contribution in [0.15, 0.2) is 29.8 Å². The van der Waals surface area contributed by atoms with E-state index in [9.17, 15) is 13.2 Å². The molecule has 0 saturated carbocycles. The minimum absolute atomic E-state index is 0.206. The first-order chi connectivity index (χ1) is 8.81. The Bertz CT molecular complexity index is 423. The number of ether oxygens (including phenoxy) is 1. The lowest BCUT2D eigenvalue weighted by Crippen LogP contribution is -2.26. The van der Waals surface area contributed by atoms with E-state index in [-0.39, 0.29) is 11.8 Å². The first-order valence-electron chi connectivity index (χ1n) is 6.09. The third-order valence-electron chi connectivity index (χ3n) is 2.70. The molecule has 0 radical (unpaired) electrons. The van der Waals surface area contributed by atoms with Crippen molar-refractivity contribution in [3.05, 3.63) is 35.4 Å². The molecule has 0 aliphatic carbocycles. The number of hydrogen-bond donors (Lipinski definition) is 1. The average molecular weight is 273 g/mol. The summed E-state index contributed by atoms with van der Waals surface area (Å²) in [5, 5.41) is 3.27. The summed E-state index contributed by atoms with van der Waals surface area (Å²) in [4.78, 5) is 0. The molecule has 1 unspecified atom stereocenters. The first kappa shape index (κ1) is 15.6. The molecule has 0 aliphatic rings. The fourth-order valence-corrected chi connectivity index (χ4v) is 1.62. The molecule has 0 heterocycles. The Kier molecular flexibility index (Phi) is 5.42. The fraction of sp³-hybridized carbons (Fsp3) is 0.429. The van der Waals surface area contributed by atoms with Gasteiger partial charge in [0, 0.05) is 6.04 Å². The molecular formula is C14H18F3NO. The number of alkyl halides is 3. The van der Waals surface area contributed by atoms with Gasteiger partial charge in [-0.05, 0) is 38.1 Å². The van der Waals surface area contributed by atoms with Gasteiger partial charge >= 0.3 is 6.36 Å². The van der Waals surface area contributed by atoms with Crippen molar-refractivity contribution in [1.29, 1.82) is 0 Å². The molecule has 1 N–H and O–H groups in total. The summed E-state index contributed by atoms with van der Waals surface area (Å²) in [5.41, 5.74) is 1.96. The topological polar surface area (TPSA) is 21.3 Å². The van der Waals surface area contributed by atoms with Crippen LogP contribution in [0, 0.1) is 0 Å². The Morgan fingerprint density at radius 3 is 2.37 bits per heavy atom. The molecule has 0 aromatic heterocycles. The highest BCUT2D eigenvalue weighted by atomic mass is 19.4. The summed E-state index contributed by atoms with van der Waals surface area (Å²) in [6, 6.07) is 6.05. The van der Waals surface area contributed by atoms with Crippen LogP contribution in [-0.2, 0) is 0 Å². The van der Waals surface area contributed by atoms with E-state index < -0.39 is 6.36 Å². The van der Waals surface area contributed by atoms with Gasteiger partial charge in [-0.25, -0.2) is 0 Å². The van der Waals surface area contributed by atoms with Gasteiger partial charge in [0.25, 0.3) is 0 Å². The average Bonchev–Trinajstić information content (AvgIpc) is 2.30. The van der Waals surface area contributed by atoms with Crippen molar-refractivity contribution in [2.24, 2.45) is 0 Å². The third kappa shape index (κ3) is 5.79. The summed E-state index contributed by atoms with van der Waals surface area (Å²) in [6.45, 7) is 6.90. The Balaban J connectivity index is 2.74. The predicted molar refractivity (Wildman–Crippen MR) is 69.9 cm³/mol. The zero-order valence-electron chi connectivity index (χ0n) is 11.2. The first-order valence-corrected chi connectivity index (χ1v) is 6.09. The zero-order valence-corrected chi connectivity index (χ0v) is 11.2. The molecule has 0 fully saturated rings. The van der Waals surface area contributed by atoms with E-state index in [1.54, 1.807) is 12.1 Å². The number of benzene rings is 1. The molecule has 1 aromatic carbocycles. The lowest BCUT2D eigenvalue weighted by Gasteiger charge is -2.13. The van der Waals surface area contributed by atoms with Crippen LogP contribution < -0.4 is 10.1 Å². The van der Waals surface area contributed by atoms with Gasteiger partial charge < -0.3 is 10.1 Å². The van der Waals surface area contributed by atoms with Crippen molar-refractivity contribution in [3.63, 3.8) is 0 Å². The van der Waals surface area contributed by atoms with E-state index in [4.69, 9.17) is 0 Å². The molecule has 2 nitrogen and oxygen atoms in total. The van der Waals surface area contributed by atoms with Gasteiger partial charge in [0.05, 0.1) is 0 Å². The normalized spacial score (nSPS) is 14.3. The van der Waals surface area contributed by atoms with Crippen LogP contribution in [0.3, 0.4) is 0 Å². The standard InChI is InChI=1S/C14H18F3NO/c1-4-18-11(3)10(2)9-12-5-7-13(8-6-12)19-14(15,16)17/h5-9,11,18H,4H2,1-3H3/b10-9+. The van der Waals surface area contributed by atoms with Crippen LogP contribution in [0.4, 0.5) is 13.2 Å². The summed E-state index contributed by atoms with van der Waals surface area (Å²) >= 11 is 0. The Morgan fingerprint density at radius 2 is 1.89 bits per heavy atom. The molecule has 1 rings (SSSR count). The van der Waals surface area contributed by atoms with Gasteiger partial charge in [-0.1, -0.05) is 30.7 Å². The highest BCUT2D eigenvalue weighted by Gasteiger charge is 2.30. The molecule has 5 heteroatoms. The van der Waals surface area contributed by atoms with Crippen LogP contribution in [0.25, 0.3) is 6.08 Å². The Labute approximate surface area is 111 Å². The second-order valence-electron chi connectivity index (χ2n) is 4.28. The quantitative estimate of drug-likeness (QED) is 0.876. The van der Waals surface area contributed by atoms with Gasteiger partial charge in [0.15, 0.2) is 0 Å². The predicted octanol–water partition coefficient (Wildman–Crippen LogP) is 3.99. The second-order valence-corrected chi connectivity index (χ2v) is 4.28. The monoisotopic (exact) mass is 273 g/mol. The van der Waals surface area contributed by atoms with Gasteiger partial charge in [-0.2, -0.15) is 0 Å². The number of nitrogens with one attached hydrogen (secondary N) is 1. The maximum absolute atomic E-state index is 12.0. The molecular weight excluding hydrogens is 255 g/mol. The molecule has 0 saturated heterocycles. The SMILES string of the molecule is CCNC(C)/C(C)=C/c1ccc(OC(F)(F)F)cc1. The molecule has 1 atom stereocenters. The molecule has 0 amide bonds. The molecule has 1 aromatic rings. The summed E-state index contributed by atoms with van der Waals surface area (Å²) < 4.78 is 39.8. The lowest BCUT2D eigenvalue weighted by atomic mass is 10.1. The largest absolute Gasteiger partial charge is 0.573 e. The van der Waals surface area contributed by atoms with Crippen molar-refractivity contribution in [2.45, 2.75) is 33.2 Å². The molecule has 106 valence electrons. The van der Waals surface area contributed by atoms with E-state index in [1.807, 2.05) is 26.8 Å². The fourth-order valence-electron chi connectivity index (χ4n) is 1.62. The van der Waals surface area contributed by atoms with Crippen LogP contribution in [0.2, 0.25) is 0 Å². The van der Waals surface area contributed by atoms with Crippen molar-refractivity contribution < 1.29 is 17.9 Å². The molecule has 0 spiro atoms. The third-order valence-corrected chi connectivity index (χ3v) is 2.70. The van der Waals surface area contributed by atoms with Crippen molar-refractivity contribution in [2.75, 3.05) is 6.54 Å². The van der Waals surface area contributed by atoms with Gasteiger partial charge in [0.1, 0.15) is 5.75 Å². The minimum atomic E-state index is -4.65. The Morgan fingerprint density at radius 1 is 1.32 bits per heavy atom. The van der Waals surface area contributed by atoms with Crippen molar-refractivity contribution in [1.82, 2.24) is 5.32 Å². The van der Waals surface area contributed by atoms with E-state index >= 15 is 0 Å². The number of rotatable bonds is 5. The van der Waals surface area contributed by atoms with E-state index in [0.29, 0.717) is 0 Å². The van der Waals surface area contributed by atoms with Gasteiger partial charge in [0.2, 0.25) is 0 Å². The number of halogens is 3. The van der Waals surface area contributed by atoms with E-state index in [0.717, 1.165) is 17.7 Å². The van der Waals surface area contributed by atoms with Gasteiger partial charge in [-0.15, -0.1) is 13.2 Å². The smallest absolute Gasteiger partial charge is 0.406 e. The maximum atomic E-state index is 12.0. The maximum Gasteiger partial charge on any atom is 0.573 e. The van der Waals surface area contributed by atoms with Crippen LogP contribution in [-0.4, -0.2) is 18.9 Å². The van der Waals surface area contributed by atoms with E-state index in [2.05, 4.69) is 10.1 Å². The van der Waals surface area contributed by atoms with Crippen LogP contribution >= 0.6 is 0 Å². The van der Waals surface area contributed by atoms with Crippen molar-refractivity contribution >= 4 is 6.08 Å². The second kappa shape index (κ2) is 6.61. The number of likely N-dealkylation sites (N-methyl/N-ethyl adjacent to an activating group) is 1.